The van der Waals surface area contributed by atoms with E-state index in [4.69, 9.17) is 11.6 Å². The van der Waals surface area contributed by atoms with E-state index < -0.39 is 0 Å². The van der Waals surface area contributed by atoms with Crippen LogP contribution in [0.1, 0.15) is 0 Å². The monoisotopic (exact) mass is 311 g/mol. The molecule has 21 heavy (non-hydrogen) atoms. The third-order valence-corrected chi connectivity index (χ3v) is 4.43. The molecule has 0 aliphatic carbocycles. The van der Waals surface area contributed by atoms with Gasteiger partial charge < -0.3 is 0 Å². The fourth-order valence-electron chi connectivity index (χ4n) is 2.16. The molecule has 0 unspecified atom stereocenters. The number of fused-ring (bicyclic) bond motifs is 1. The fraction of sp³-hybridized carbons (Fsp3) is 0. The Kier molecular flexibility index (Phi) is 2.98. The maximum atomic E-state index is 5.91. The van der Waals surface area contributed by atoms with Gasteiger partial charge in [-0.3, -0.25) is 0 Å². The topological polar surface area (TPSA) is 30.2 Å². The smallest absolute Gasteiger partial charge is 0.213 e. The number of halogens is 1. The second-order valence-electron chi connectivity index (χ2n) is 4.63. The summed E-state index contributed by atoms with van der Waals surface area (Å²) in [5.41, 5.74) is 3.06. The summed E-state index contributed by atoms with van der Waals surface area (Å²) in [6.45, 7) is 0. The molecular weight excluding hydrogens is 302 g/mol. The number of hydrogen-bond donors (Lipinski definition) is 0. The minimum atomic E-state index is 0.726. The average Bonchev–Trinajstić information content (AvgIpc) is 3.07. The Morgan fingerprint density at radius 2 is 1.67 bits per heavy atom. The lowest BCUT2D eigenvalue weighted by atomic mass is 10.2. The van der Waals surface area contributed by atoms with Gasteiger partial charge in [-0.15, -0.1) is 0 Å². The molecule has 0 bridgehead atoms. The van der Waals surface area contributed by atoms with Crippen molar-refractivity contribution in [1.82, 2.24) is 14.6 Å². The maximum Gasteiger partial charge on any atom is 0.213 e. The van der Waals surface area contributed by atoms with Gasteiger partial charge in [-0.2, -0.15) is 5.10 Å². The Morgan fingerprint density at radius 1 is 0.905 bits per heavy atom. The van der Waals surface area contributed by atoms with Crippen LogP contribution in [0.25, 0.3) is 26.8 Å². The molecule has 0 aliphatic rings. The minimum Gasteiger partial charge on any atom is -0.217 e. The van der Waals surface area contributed by atoms with Crippen LogP contribution in [-0.4, -0.2) is 14.6 Å². The van der Waals surface area contributed by atoms with Crippen molar-refractivity contribution in [3.05, 3.63) is 65.8 Å². The van der Waals surface area contributed by atoms with E-state index in [1.165, 1.54) is 0 Å². The van der Waals surface area contributed by atoms with E-state index >= 15 is 0 Å². The van der Waals surface area contributed by atoms with Gasteiger partial charge in [-0.25, -0.2) is 9.50 Å². The van der Waals surface area contributed by atoms with Gasteiger partial charge in [0.25, 0.3) is 0 Å². The van der Waals surface area contributed by atoms with Crippen molar-refractivity contribution in [2.75, 3.05) is 0 Å². The van der Waals surface area contributed by atoms with Gasteiger partial charge in [0.2, 0.25) is 4.96 Å². The number of imidazole rings is 1. The molecule has 0 amide bonds. The van der Waals surface area contributed by atoms with Gasteiger partial charge in [0, 0.05) is 16.1 Å². The SMILES string of the molecule is Clc1ccc(-c2cn3nc(-c4ccccc4)sc3n2)cc1. The molecule has 2 aromatic carbocycles. The van der Waals surface area contributed by atoms with Crippen LogP contribution in [0.5, 0.6) is 0 Å². The zero-order valence-electron chi connectivity index (χ0n) is 10.9. The van der Waals surface area contributed by atoms with Crippen molar-refractivity contribution in [2.45, 2.75) is 0 Å². The van der Waals surface area contributed by atoms with Crippen LogP contribution >= 0.6 is 22.9 Å². The van der Waals surface area contributed by atoms with Gasteiger partial charge in [-0.05, 0) is 12.1 Å². The molecule has 0 saturated heterocycles. The van der Waals surface area contributed by atoms with E-state index in [1.54, 1.807) is 11.3 Å². The van der Waals surface area contributed by atoms with Crippen LogP contribution in [0.15, 0.2) is 60.8 Å². The molecule has 5 heteroatoms. The van der Waals surface area contributed by atoms with E-state index in [0.29, 0.717) is 0 Å². The number of rotatable bonds is 2. The van der Waals surface area contributed by atoms with Crippen molar-refractivity contribution in [3.8, 4) is 21.8 Å². The Labute approximate surface area is 130 Å². The van der Waals surface area contributed by atoms with E-state index in [2.05, 4.69) is 22.2 Å². The van der Waals surface area contributed by atoms with Crippen molar-refractivity contribution in [1.29, 1.82) is 0 Å². The van der Waals surface area contributed by atoms with Gasteiger partial charge in [-0.1, -0.05) is 65.4 Å². The van der Waals surface area contributed by atoms with E-state index in [-0.39, 0.29) is 0 Å². The molecule has 2 heterocycles. The van der Waals surface area contributed by atoms with Gasteiger partial charge in [0.05, 0.1) is 11.9 Å². The number of aromatic nitrogens is 3. The molecule has 4 rings (SSSR count). The van der Waals surface area contributed by atoms with Crippen molar-refractivity contribution < 1.29 is 0 Å². The van der Waals surface area contributed by atoms with E-state index in [9.17, 15) is 0 Å². The highest BCUT2D eigenvalue weighted by molar-refractivity contribution is 7.19. The first-order valence-electron chi connectivity index (χ1n) is 6.47. The predicted octanol–water partition coefficient (Wildman–Crippen LogP) is 4.78. The molecule has 0 radical (unpaired) electrons. The summed E-state index contributed by atoms with van der Waals surface area (Å²) in [5.74, 6) is 0. The zero-order valence-corrected chi connectivity index (χ0v) is 12.5. The van der Waals surface area contributed by atoms with Gasteiger partial charge >= 0.3 is 0 Å². The second kappa shape index (κ2) is 4.98. The third-order valence-electron chi connectivity index (χ3n) is 3.20. The van der Waals surface area contributed by atoms with Gasteiger partial charge in [0.1, 0.15) is 5.01 Å². The van der Waals surface area contributed by atoms with Crippen molar-refractivity contribution in [3.63, 3.8) is 0 Å². The largest absolute Gasteiger partial charge is 0.217 e. The lowest BCUT2D eigenvalue weighted by Crippen LogP contribution is -1.82. The molecule has 0 aliphatic heterocycles. The highest BCUT2D eigenvalue weighted by atomic mass is 35.5. The van der Waals surface area contributed by atoms with E-state index in [1.807, 2.05) is 53.2 Å². The lowest BCUT2D eigenvalue weighted by molar-refractivity contribution is 0.978. The van der Waals surface area contributed by atoms with Crippen molar-refractivity contribution >= 4 is 27.9 Å². The predicted molar refractivity (Wildman–Crippen MR) is 86.7 cm³/mol. The molecule has 0 saturated carbocycles. The van der Waals surface area contributed by atoms with Crippen LogP contribution in [0.3, 0.4) is 0 Å². The van der Waals surface area contributed by atoms with Gasteiger partial charge in [0.15, 0.2) is 0 Å². The lowest BCUT2D eigenvalue weighted by Gasteiger charge is -1.95. The number of nitrogens with zero attached hydrogens (tertiary/aromatic N) is 3. The first kappa shape index (κ1) is 12.6. The fourth-order valence-corrected chi connectivity index (χ4v) is 3.17. The highest BCUT2D eigenvalue weighted by Crippen LogP contribution is 2.28. The Morgan fingerprint density at radius 3 is 2.38 bits per heavy atom. The standard InChI is InChI=1S/C16H10ClN3S/c17-13-8-6-11(7-9-13)14-10-20-16(18-14)21-15(19-20)12-4-2-1-3-5-12/h1-10H. The van der Waals surface area contributed by atoms with Crippen LogP contribution in [0, 0.1) is 0 Å². The highest BCUT2D eigenvalue weighted by Gasteiger charge is 2.10. The number of hydrogen-bond acceptors (Lipinski definition) is 3. The van der Waals surface area contributed by atoms with Crippen LogP contribution < -0.4 is 0 Å². The number of benzene rings is 2. The minimum absolute atomic E-state index is 0.726. The van der Waals surface area contributed by atoms with Crippen LogP contribution in [0.4, 0.5) is 0 Å². The Balaban J connectivity index is 1.75. The summed E-state index contributed by atoms with van der Waals surface area (Å²) in [7, 11) is 0. The molecule has 0 N–H and O–H groups in total. The third kappa shape index (κ3) is 2.33. The van der Waals surface area contributed by atoms with Crippen molar-refractivity contribution in [2.24, 2.45) is 0 Å². The average molecular weight is 312 g/mol. The van der Waals surface area contributed by atoms with E-state index in [0.717, 1.165) is 31.8 Å². The Hall–Kier alpha value is -2.17. The zero-order chi connectivity index (χ0) is 14.2. The first-order chi connectivity index (χ1) is 10.3. The molecule has 0 spiro atoms. The summed E-state index contributed by atoms with van der Waals surface area (Å²) >= 11 is 7.49. The molecule has 4 aromatic rings. The second-order valence-corrected chi connectivity index (χ2v) is 6.03. The summed E-state index contributed by atoms with van der Waals surface area (Å²) < 4.78 is 1.83. The van der Waals surface area contributed by atoms with Crippen LogP contribution in [0.2, 0.25) is 5.02 Å². The molecular formula is C16H10ClN3S. The summed E-state index contributed by atoms with van der Waals surface area (Å²) in [6, 6.07) is 17.8. The molecule has 3 nitrogen and oxygen atoms in total. The molecule has 2 aromatic heterocycles. The maximum absolute atomic E-state index is 5.91. The van der Waals surface area contributed by atoms with Crippen LogP contribution in [-0.2, 0) is 0 Å². The summed E-state index contributed by atoms with van der Waals surface area (Å²) in [6.07, 6.45) is 1.95. The Bertz CT molecular complexity index is 863. The quantitative estimate of drug-likeness (QED) is 0.533. The normalized spacial score (nSPS) is 11.1. The first-order valence-corrected chi connectivity index (χ1v) is 7.67. The molecule has 0 fully saturated rings. The molecule has 102 valence electrons. The summed E-state index contributed by atoms with van der Waals surface area (Å²) in [4.78, 5) is 5.52. The summed E-state index contributed by atoms with van der Waals surface area (Å²) in [5, 5.41) is 6.29. The molecule has 0 atom stereocenters.